The maximum atomic E-state index is 13.0. The van der Waals surface area contributed by atoms with Crippen LogP contribution in [0.3, 0.4) is 0 Å². The topological polar surface area (TPSA) is 57.5 Å². The molecule has 3 heterocycles. The number of amides is 1. The van der Waals surface area contributed by atoms with Crippen LogP contribution in [0.15, 0.2) is 24.3 Å². The van der Waals surface area contributed by atoms with Gasteiger partial charge < -0.3 is 19.3 Å². The van der Waals surface area contributed by atoms with Crippen molar-refractivity contribution in [1.82, 2.24) is 24.6 Å². The molecule has 4 rings (SSSR count). The highest BCUT2D eigenvalue weighted by Gasteiger charge is 2.31. The molecule has 156 valence electrons. The third-order valence-electron chi connectivity index (χ3n) is 6.29. The Labute approximate surface area is 173 Å². The number of nitrogens with zero attached hydrogens (tertiary/aromatic N) is 6. The molecule has 2 aromatic rings. The molecular formula is C22H32N6O. The van der Waals surface area contributed by atoms with Crippen molar-refractivity contribution in [3.63, 3.8) is 0 Å². The van der Waals surface area contributed by atoms with E-state index in [9.17, 15) is 4.79 Å². The lowest BCUT2D eigenvalue weighted by Crippen LogP contribution is -2.34. The van der Waals surface area contributed by atoms with Crippen LogP contribution in [-0.2, 0) is 13.0 Å². The number of anilines is 1. The van der Waals surface area contributed by atoms with E-state index in [1.54, 1.807) is 0 Å². The molecule has 7 heteroatoms. The molecule has 1 amide bonds. The smallest absolute Gasteiger partial charge is 0.253 e. The van der Waals surface area contributed by atoms with Crippen molar-refractivity contribution >= 4 is 11.6 Å². The predicted molar refractivity (Wildman–Crippen MR) is 114 cm³/mol. The average molecular weight is 397 g/mol. The Balaban J connectivity index is 1.45. The molecule has 1 aromatic heterocycles. The highest BCUT2D eigenvalue weighted by atomic mass is 16.2. The van der Waals surface area contributed by atoms with Crippen LogP contribution < -0.4 is 4.90 Å². The second-order valence-electron chi connectivity index (χ2n) is 8.68. The van der Waals surface area contributed by atoms with Crippen LogP contribution >= 0.6 is 0 Å². The highest BCUT2D eigenvalue weighted by Crippen LogP contribution is 2.28. The van der Waals surface area contributed by atoms with E-state index in [1.165, 1.54) is 0 Å². The van der Waals surface area contributed by atoms with E-state index in [0.29, 0.717) is 25.0 Å². The summed E-state index contributed by atoms with van der Waals surface area (Å²) in [6, 6.07) is 8.41. The van der Waals surface area contributed by atoms with Crippen molar-refractivity contribution in [2.75, 3.05) is 45.2 Å². The third kappa shape index (κ3) is 4.01. The molecule has 29 heavy (non-hydrogen) atoms. The molecule has 1 unspecified atom stereocenters. The minimum absolute atomic E-state index is 0.0995. The largest absolute Gasteiger partial charge is 0.378 e. The summed E-state index contributed by atoms with van der Waals surface area (Å²) in [5.74, 6) is 2.66. The van der Waals surface area contributed by atoms with Gasteiger partial charge in [0.05, 0.1) is 0 Å². The van der Waals surface area contributed by atoms with Gasteiger partial charge in [0.15, 0.2) is 0 Å². The summed E-state index contributed by atoms with van der Waals surface area (Å²) in [4.78, 5) is 19.5. The summed E-state index contributed by atoms with van der Waals surface area (Å²) < 4.78 is 2.27. The van der Waals surface area contributed by atoms with Gasteiger partial charge >= 0.3 is 0 Å². The van der Waals surface area contributed by atoms with Crippen LogP contribution in [-0.4, -0.2) is 76.8 Å². The van der Waals surface area contributed by atoms with Crippen molar-refractivity contribution in [1.29, 1.82) is 0 Å². The number of benzene rings is 1. The minimum Gasteiger partial charge on any atom is -0.378 e. The normalized spacial score (nSPS) is 20.0. The first-order valence-electron chi connectivity index (χ1n) is 10.7. The Morgan fingerprint density at radius 1 is 1.07 bits per heavy atom. The zero-order valence-corrected chi connectivity index (χ0v) is 18.0. The second kappa shape index (κ2) is 8.14. The molecule has 2 aliphatic rings. The van der Waals surface area contributed by atoms with E-state index < -0.39 is 0 Å². The van der Waals surface area contributed by atoms with E-state index >= 15 is 0 Å². The van der Waals surface area contributed by atoms with Crippen LogP contribution in [0.1, 0.15) is 48.2 Å². The average Bonchev–Trinajstić information content (AvgIpc) is 3.30. The number of carbonyl (C=O) groups excluding carboxylic acids is 1. The van der Waals surface area contributed by atoms with Gasteiger partial charge in [0, 0.05) is 69.9 Å². The van der Waals surface area contributed by atoms with Crippen molar-refractivity contribution in [2.45, 2.75) is 45.2 Å². The maximum Gasteiger partial charge on any atom is 0.253 e. The summed E-state index contributed by atoms with van der Waals surface area (Å²) in [5.41, 5.74) is 1.84. The van der Waals surface area contributed by atoms with E-state index in [1.807, 2.05) is 48.2 Å². The molecule has 0 aliphatic carbocycles. The molecule has 1 atom stereocenters. The monoisotopic (exact) mass is 396 g/mol. The number of rotatable bonds is 4. The van der Waals surface area contributed by atoms with Gasteiger partial charge in [-0.05, 0) is 51.1 Å². The summed E-state index contributed by atoms with van der Waals surface area (Å²) in [6.45, 7) is 8.84. The third-order valence-corrected chi connectivity index (χ3v) is 6.29. The number of hydrogen-bond acceptors (Lipinski definition) is 5. The fourth-order valence-corrected chi connectivity index (χ4v) is 4.40. The Morgan fingerprint density at radius 3 is 2.48 bits per heavy atom. The van der Waals surface area contributed by atoms with Crippen molar-refractivity contribution in [3.05, 3.63) is 41.5 Å². The first-order chi connectivity index (χ1) is 13.9. The van der Waals surface area contributed by atoms with Gasteiger partial charge in [-0.1, -0.05) is 0 Å². The van der Waals surface area contributed by atoms with Gasteiger partial charge in [-0.25, -0.2) is 0 Å². The van der Waals surface area contributed by atoms with Crippen LogP contribution in [0, 0.1) is 0 Å². The standard InChI is InChI=1S/C22H32N6O/c1-16(2)27-11-9-18(15-27)21-24-23-20-10-12-26(13-14-28(20)21)22(29)17-5-7-19(8-6-17)25(3)4/h5-8,16,18H,9-15H2,1-4H3. The molecule has 0 N–H and O–H groups in total. The molecule has 7 nitrogen and oxygen atoms in total. The Morgan fingerprint density at radius 2 is 1.83 bits per heavy atom. The Hall–Kier alpha value is -2.41. The zero-order valence-electron chi connectivity index (χ0n) is 18.0. The summed E-state index contributed by atoms with van der Waals surface area (Å²) in [6.07, 6.45) is 1.90. The van der Waals surface area contributed by atoms with Gasteiger partial charge in [-0.2, -0.15) is 0 Å². The van der Waals surface area contributed by atoms with Crippen molar-refractivity contribution in [2.24, 2.45) is 0 Å². The summed E-state index contributed by atoms with van der Waals surface area (Å²) in [5, 5.41) is 9.03. The van der Waals surface area contributed by atoms with Crippen LogP contribution in [0.25, 0.3) is 0 Å². The molecular weight excluding hydrogens is 364 g/mol. The second-order valence-corrected chi connectivity index (χ2v) is 8.68. The van der Waals surface area contributed by atoms with E-state index in [4.69, 9.17) is 0 Å². The quantitative estimate of drug-likeness (QED) is 0.793. The predicted octanol–water partition coefficient (Wildman–Crippen LogP) is 2.24. The number of hydrogen-bond donors (Lipinski definition) is 0. The first kappa shape index (κ1) is 19.9. The fraction of sp³-hybridized carbons (Fsp3) is 0.591. The molecule has 0 radical (unpaired) electrons. The molecule has 1 saturated heterocycles. The number of carbonyl (C=O) groups is 1. The lowest BCUT2D eigenvalue weighted by atomic mass is 10.1. The van der Waals surface area contributed by atoms with Crippen molar-refractivity contribution < 1.29 is 4.79 Å². The number of aromatic nitrogens is 3. The lowest BCUT2D eigenvalue weighted by molar-refractivity contribution is 0.0758. The minimum atomic E-state index is 0.0995. The van der Waals surface area contributed by atoms with E-state index in [-0.39, 0.29) is 5.91 Å². The lowest BCUT2D eigenvalue weighted by Gasteiger charge is -2.21. The fourth-order valence-electron chi connectivity index (χ4n) is 4.40. The van der Waals surface area contributed by atoms with E-state index in [0.717, 1.165) is 55.4 Å². The Kier molecular flexibility index (Phi) is 5.58. The van der Waals surface area contributed by atoms with Crippen LogP contribution in [0.2, 0.25) is 0 Å². The van der Waals surface area contributed by atoms with Gasteiger partial charge in [0.25, 0.3) is 5.91 Å². The molecule has 0 spiro atoms. The molecule has 0 saturated carbocycles. The first-order valence-corrected chi connectivity index (χ1v) is 10.7. The SMILES string of the molecule is CC(C)N1CCC(c2nnc3n2CCN(C(=O)c2ccc(N(C)C)cc2)CC3)C1. The van der Waals surface area contributed by atoms with Gasteiger partial charge in [0.1, 0.15) is 11.6 Å². The summed E-state index contributed by atoms with van der Waals surface area (Å²) >= 11 is 0. The van der Waals surface area contributed by atoms with Gasteiger partial charge in [-0.3, -0.25) is 4.79 Å². The van der Waals surface area contributed by atoms with Crippen molar-refractivity contribution in [3.8, 4) is 0 Å². The van der Waals surface area contributed by atoms with E-state index in [2.05, 4.69) is 33.5 Å². The maximum absolute atomic E-state index is 13.0. The van der Waals surface area contributed by atoms with Crippen LogP contribution in [0.5, 0.6) is 0 Å². The van der Waals surface area contributed by atoms with Gasteiger partial charge in [0.2, 0.25) is 0 Å². The Bertz CT molecular complexity index is 857. The van der Waals surface area contributed by atoms with Gasteiger partial charge in [-0.15, -0.1) is 10.2 Å². The summed E-state index contributed by atoms with van der Waals surface area (Å²) in [7, 11) is 4.01. The van der Waals surface area contributed by atoms with Crippen LogP contribution in [0.4, 0.5) is 5.69 Å². The highest BCUT2D eigenvalue weighted by molar-refractivity contribution is 5.94. The number of likely N-dealkylation sites (tertiary alicyclic amines) is 1. The molecule has 2 aliphatic heterocycles. The molecule has 1 aromatic carbocycles. The molecule has 0 bridgehead atoms. The molecule has 1 fully saturated rings. The number of fused-ring (bicyclic) bond motifs is 1. The zero-order chi connectivity index (χ0) is 20.5.